The molecule has 1 unspecified atom stereocenters. The second-order valence-electron chi connectivity index (χ2n) is 11.2. The fraction of sp³-hybridized carbons (Fsp3) is 0.567. The van der Waals surface area contributed by atoms with E-state index in [4.69, 9.17) is 24.2 Å². The van der Waals surface area contributed by atoms with Crippen molar-refractivity contribution < 1.29 is 43.0 Å². The normalized spacial score (nSPS) is 19.0. The minimum Gasteiger partial charge on any atom is -0.448 e. The third kappa shape index (κ3) is 10.2. The summed E-state index contributed by atoms with van der Waals surface area (Å²) >= 11 is 0. The monoisotopic (exact) mass is 662 g/mol. The van der Waals surface area contributed by atoms with Crippen molar-refractivity contribution in [1.82, 2.24) is 25.2 Å². The zero-order valence-electron chi connectivity index (χ0n) is 26.2. The average Bonchev–Trinajstić information content (AvgIpc) is 3.54. The molecule has 1 aromatic heterocycles. The smallest absolute Gasteiger partial charge is 0.448 e. The zero-order chi connectivity index (χ0) is 33.1. The molecule has 3 atom stereocenters. The largest absolute Gasteiger partial charge is 0.525 e. The number of anilines is 1. The van der Waals surface area contributed by atoms with Crippen LogP contribution in [-0.4, -0.2) is 119 Å². The number of hydroxylamine groups is 2. The fourth-order valence-electron chi connectivity index (χ4n) is 5.29. The Labute approximate surface area is 268 Å². The molecule has 2 amide bonds. The number of rotatable bonds is 15. The van der Waals surface area contributed by atoms with E-state index < -0.39 is 31.6 Å². The van der Waals surface area contributed by atoms with E-state index in [1.165, 1.54) is 9.96 Å². The van der Waals surface area contributed by atoms with Gasteiger partial charge in [-0.25, -0.2) is 14.8 Å². The minimum atomic E-state index is -3.88. The van der Waals surface area contributed by atoms with Crippen molar-refractivity contribution in [3.8, 4) is 11.4 Å². The first kappa shape index (κ1) is 35.2. The van der Waals surface area contributed by atoms with E-state index in [0.29, 0.717) is 31.2 Å². The van der Waals surface area contributed by atoms with E-state index in [-0.39, 0.29) is 63.6 Å². The lowest BCUT2D eigenvalue weighted by molar-refractivity contribution is -0.154. The summed E-state index contributed by atoms with van der Waals surface area (Å²) in [5.74, 6) is -0.0858. The Morgan fingerprint density at radius 1 is 1.09 bits per heavy atom. The van der Waals surface area contributed by atoms with Gasteiger partial charge in [0.25, 0.3) is 5.91 Å². The van der Waals surface area contributed by atoms with Crippen LogP contribution in [0, 0.1) is 0 Å². The number of benzene rings is 1. The second-order valence-corrected chi connectivity index (χ2v) is 13.2. The summed E-state index contributed by atoms with van der Waals surface area (Å²) < 4.78 is 23.2. The van der Waals surface area contributed by atoms with E-state index in [0.717, 1.165) is 18.4 Å². The molecule has 1 aromatic carbocycles. The molecule has 0 saturated carbocycles. The van der Waals surface area contributed by atoms with Gasteiger partial charge >= 0.3 is 13.8 Å². The molecule has 4 rings (SSSR count). The maximum Gasteiger partial charge on any atom is 0.525 e. The van der Waals surface area contributed by atoms with Gasteiger partial charge in [-0.15, -0.1) is 5.06 Å². The van der Waals surface area contributed by atoms with Gasteiger partial charge in [-0.05, 0) is 25.7 Å². The molecule has 46 heavy (non-hydrogen) atoms. The van der Waals surface area contributed by atoms with Crippen LogP contribution in [0.5, 0.6) is 0 Å². The molecule has 0 radical (unpaired) electrons. The average molecular weight is 663 g/mol. The molecule has 2 saturated heterocycles. The SMILES string of the molecule is CCCCOP(=O)(O)CCC[C@H](NC(=O)c1cc(N2CC[C@H](OC)C2)nc(-c2ccccc2)n1)C(=O)N1CCN(OC(=O)O)CC1. The number of aromatic nitrogens is 2. The molecule has 0 spiro atoms. The maximum absolute atomic E-state index is 13.8. The van der Waals surface area contributed by atoms with E-state index in [1.807, 2.05) is 42.2 Å². The van der Waals surface area contributed by atoms with Gasteiger partial charge in [0.05, 0.1) is 32.0 Å². The number of hydrogen-bond donors (Lipinski definition) is 3. The van der Waals surface area contributed by atoms with E-state index in [2.05, 4.69) is 10.3 Å². The van der Waals surface area contributed by atoms with Crippen LogP contribution in [0.4, 0.5) is 10.6 Å². The topological polar surface area (TPSA) is 184 Å². The molecule has 0 aliphatic carbocycles. The number of hydrogen-bond acceptors (Lipinski definition) is 11. The molecule has 15 nitrogen and oxygen atoms in total. The van der Waals surface area contributed by atoms with Crippen LogP contribution in [0.15, 0.2) is 36.4 Å². The van der Waals surface area contributed by atoms with Crippen LogP contribution in [-0.2, 0) is 23.5 Å². The molecule has 252 valence electrons. The van der Waals surface area contributed by atoms with E-state index in [1.54, 1.807) is 13.2 Å². The van der Waals surface area contributed by atoms with Crippen molar-refractivity contribution in [2.45, 2.75) is 51.2 Å². The summed E-state index contributed by atoms with van der Waals surface area (Å²) in [6.07, 6.45) is 0.889. The lowest BCUT2D eigenvalue weighted by Crippen LogP contribution is -2.55. The lowest BCUT2D eigenvalue weighted by Gasteiger charge is -2.34. The molecule has 16 heteroatoms. The highest BCUT2D eigenvalue weighted by Crippen LogP contribution is 2.43. The summed E-state index contributed by atoms with van der Waals surface area (Å²) in [6.45, 7) is 4.05. The van der Waals surface area contributed by atoms with E-state index in [9.17, 15) is 23.8 Å². The number of nitrogens with zero attached hydrogens (tertiary/aromatic N) is 5. The third-order valence-electron chi connectivity index (χ3n) is 7.86. The fourth-order valence-corrected chi connectivity index (χ4v) is 6.41. The van der Waals surface area contributed by atoms with Crippen LogP contribution in [0.2, 0.25) is 0 Å². The molecular weight excluding hydrogens is 619 g/mol. The first-order chi connectivity index (χ1) is 22.1. The van der Waals surface area contributed by atoms with Gasteiger partial charge < -0.3 is 39.2 Å². The molecule has 2 fully saturated rings. The molecule has 2 aliphatic rings. The predicted molar refractivity (Wildman–Crippen MR) is 168 cm³/mol. The quantitative estimate of drug-likeness (QED) is 0.187. The van der Waals surface area contributed by atoms with Gasteiger partial charge in [0, 0.05) is 44.9 Å². The van der Waals surface area contributed by atoms with Crippen LogP contribution < -0.4 is 10.2 Å². The standard InChI is InChI=1S/C30H43N6O9P/c1-3-4-18-44-46(41,42)19-8-11-24(29(38)34-14-16-36(17-15-34)45-30(39)40)32-28(37)25-20-26(35-13-12-23(21-35)43-2)33-27(31-25)22-9-6-5-7-10-22/h5-7,9-10,20,23-24H,3-4,8,11-19,21H2,1-2H3,(H,32,37)(H,39,40)(H,41,42)/t23-,24-/m0/s1. The number of piperazine rings is 1. The van der Waals surface area contributed by atoms with E-state index >= 15 is 0 Å². The Hall–Kier alpha value is -3.62. The molecular formula is C30H43N6O9P. The Bertz CT molecular complexity index is 1380. The molecule has 3 N–H and O–H groups in total. The first-order valence-electron chi connectivity index (χ1n) is 15.5. The number of methoxy groups -OCH3 is 1. The summed E-state index contributed by atoms with van der Waals surface area (Å²) in [5, 5.41) is 13.0. The van der Waals surface area contributed by atoms with Crippen molar-refractivity contribution in [2.24, 2.45) is 0 Å². The summed E-state index contributed by atoms with van der Waals surface area (Å²) in [5.41, 5.74) is 0.787. The number of amides is 2. The molecule has 0 bridgehead atoms. The maximum atomic E-state index is 13.8. The summed E-state index contributed by atoms with van der Waals surface area (Å²) in [6, 6.07) is 9.81. The van der Waals surface area contributed by atoms with Gasteiger partial charge in [-0.1, -0.05) is 43.7 Å². The molecule has 2 aliphatic heterocycles. The van der Waals surface area contributed by atoms with Crippen molar-refractivity contribution in [3.63, 3.8) is 0 Å². The lowest BCUT2D eigenvalue weighted by atomic mass is 10.1. The Kier molecular flexibility index (Phi) is 12.9. The van der Waals surface area contributed by atoms with Crippen LogP contribution >= 0.6 is 7.60 Å². The number of ether oxygens (including phenoxy) is 1. The van der Waals surface area contributed by atoms with Crippen molar-refractivity contribution >= 4 is 31.4 Å². The second kappa shape index (κ2) is 16.8. The highest BCUT2D eigenvalue weighted by molar-refractivity contribution is 7.52. The molecule has 3 heterocycles. The summed E-state index contributed by atoms with van der Waals surface area (Å²) in [7, 11) is -2.22. The highest BCUT2D eigenvalue weighted by Gasteiger charge is 2.32. The number of nitrogens with one attached hydrogen (secondary N) is 1. The minimum absolute atomic E-state index is 0.0317. The molecule has 2 aromatic rings. The van der Waals surface area contributed by atoms with Gasteiger partial charge in [0.2, 0.25) is 5.91 Å². The van der Waals surface area contributed by atoms with Crippen LogP contribution in [0.3, 0.4) is 0 Å². The van der Waals surface area contributed by atoms with Crippen molar-refractivity contribution in [3.05, 3.63) is 42.1 Å². The Balaban J connectivity index is 1.54. The van der Waals surface area contributed by atoms with Crippen LogP contribution in [0.25, 0.3) is 11.4 Å². The zero-order valence-corrected chi connectivity index (χ0v) is 27.1. The highest BCUT2D eigenvalue weighted by atomic mass is 31.2. The van der Waals surface area contributed by atoms with Gasteiger partial charge in [0.15, 0.2) is 5.82 Å². The number of unbranched alkanes of at least 4 members (excludes halogenated alkanes) is 1. The van der Waals surface area contributed by atoms with Crippen molar-refractivity contribution in [1.29, 1.82) is 0 Å². The first-order valence-corrected chi connectivity index (χ1v) is 17.3. The Morgan fingerprint density at radius 3 is 2.48 bits per heavy atom. The van der Waals surface area contributed by atoms with Crippen molar-refractivity contribution in [2.75, 3.05) is 64.0 Å². The van der Waals surface area contributed by atoms with Gasteiger partial charge in [0.1, 0.15) is 17.6 Å². The predicted octanol–water partition coefficient (Wildman–Crippen LogP) is 3.00. The van der Waals surface area contributed by atoms with Crippen LogP contribution in [0.1, 0.15) is 49.5 Å². The van der Waals surface area contributed by atoms with Gasteiger partial charge in [-0.3, -0.25) is 14.2 Å². The van der Waals surface area contributed by atoms with Gasteiger partial charge in [-0.2, -0.15) is 0 Å². The number of carboxylic acid groups (broad SMARTS) is 1. The summed E-state index contributed by atoms with van der Waals surface area (Å²) in [4.78, 5) is 66.2. The number of carbonyl (C=O) groups is 3. The number of carbonyl (C=O) groups excluding carboxylic acids is 2. The Morgan fingerprint density at radius 2 is 1.83 bits per heavy atom. The third-order valence-corrected chi connectivity index (χ3v) is 9.33.